The van der Waals surface area contributed by atoms with E-state index in [1.165, 1.54) is 10.8 Å². The number of ether oxygens (including phenoxy) is 2. The zero-order valence-electron chi connectivity index (χ0n) is 16.3. The molecule has 5 heteroatoms. The summed E-state index contributed by atoms with van der Waals surface area (Å²) in [6.45, 7) is 4.60. The number of hydrogen-bond acceptors (Lipinski definition) is 5. The third kappa shape index (κ3) is 3.99. The zero-order valence-corrected chi connectivity index (χ0v) is 16.3. The van der Waals surface area contributed by atoms with Gasteiger partial charge in [0.25, 0.3) is 0 Å². The molecule has 5 nitrogen and oxygen atoms in total. The van der Waals surface area contributed by atoms with Gasteiger partial charge in [-0.1, -0.05) is 53.7 Å². The van der Waals surface area contributed by atoms with Crippen molar-refractivity contribution in [3.05, 3.63) is 77.4 Å². The van der Waals surface area contributed by atoms with Crippen molar-refractivity contribution >= 4 is 28.5 Å². The first kappa shape index (κ1) is 18.7. The van der Waals surface area contributed by atoms with Crippen molar-refractivity contribution in [1.82, 2.24) is 0 Å². The fourth-order valence-corrected chi connectivity index (χ4v) is 3.26. The molecule has 0 aromatic heterocycles. The molecule has 146 valence electrons. The maximum absolute atomic E-state index is 11.8. The number of carbonyl (C=O) groups excluding carboxylic acids is 1. The van der Waals surface area contributed by atoms with Gasteiger partial charge in [0.1, 0.15) is 6.61 Å². The lowest BCUT2D eigenvalue weighted by Gasteiger charge is -2.14. The van der Waals surface area contributed by atoms with E-state index in [1.54, 1.807) is 13.0 Å². The third-order valence-corrected chi connectivity index (χ3v) is 4.72. The average Bonchev–Trinajstić information content (AvgIpc) is 3.05. The minimum absolute atomic E-state index is 0.431. The highest BCUT2D eigenvalue weighted by atomic mass is 16.7. The van der Waals surface area contributed by atoms with Gasteiger partial charge in [-0.25, -0.2) is 4.79 Å². The molecule has 3 aromatic rings. The minimum atomic E-state index is -0.447. The minimum Gasteiger partial charge on any atom is -0.490 e. The highest BCUT2D eigenvalue weighted by molar-refractivity contribution is 6.24. The second-order valence-electron chi connectivity index (χ2n) is 6.68. The van der Waals surface area contributed by atoms with Crippen molar-refractivity contribution in [2.45, 2.75) is 20.5 Å². The summed E-state index contributed by atoms with van der Waals surface area (Å²) < 4.78 is 11.9. The van der Waals surface area contributed by atoms with Crippen LogP contribution < -0.4 is 9.47 Å². The number of benzene rings is 3. The number of rotatable bonds is 6. The van der Waals surface area contributed by atoms with Crippen molar-refractivity contribution in [1.29, 1.82) is 0 Å². The van der Waals surface area contributed by atoms with Crippen molar-refractivity contribution in [3.63, 3.8) is 0 Å². The molecule has 0 saturated carbocycles. The summed E-state index contributed by atoms with van der Waals surface area (Å²) >= 11 is 0. The van der Waals surface area contributed by atoms with E-state index in [9.17, 15) is 4.79 Å². The molecule has 0 atom stereocenters. The van der Waals surface area contributed by atoms with Gasteiger partial charge >= 0.3 is 5.97 Å². The topological polar surface area (TPSA) is 57.1 Å². The Morgan fingerprint density at radius 3 is 2.62 bits per heavy atom. The molecule has 1 aliphatic heterocycles. The van der Waals surface area contributed by atoms with Crippen LogP contribution in [0.15, 0.2) is 71.4 Å². The van der Waals surface area contributed by atoms with Gasteiger partial charge in [0.2, 0.25) is 0 Å². The standard InChI is InChI=1S/C24H21NO4/c1-3-27-23-14-17(13-21-16(2)25-29-24(21)26)11-12-22(23)28-15-19-9-6-8-18-7-4-5-10-20(18)19/h4-14H,3,15H2,1-2H3/b21-13+. The van der Waals surface area contributed by atoms with Crippen LogP contribution in [0.4, 0.5) is 0 Å². The quantitative estimate of drug-likeness (QED) is 0.434. The predicted octanol–water partition coefficient (Wildman–Crippen LogP) is 5.13. The van der Waals surface area contributed by atoms with Crippen LogP contribution >= 0.6 is 0 Å². The Balaban J connectivity index is 1.59. The Bertz CT molecular complexity index is 1130. The molecule has 0 radical (unpaired) electrons. The van der Waals surface area contributed by atoms with Gasteiger partial charge in [-0.15, -0.1) is 0 Å². The molecule has 0 saturated heterocycles. The van der Waals surface area contributed by atoms with Crippen molar-refractivity contribution < 1.29 is 19.1 Å². The second-order valence-corrected chi connectivity index (χ2v) is 6.68. The molecule has 0 bridgehead atoms. The molecular weight excluding hydrogens is 366 g/mol. The average molecular weight is 387 g/mol. The van der Waals surface area contributed by atoms with Crippen LogP contribution in [0.1, 0.15) is 25.0 Å². The van der Waals surface area contributed by atoms with Crippen molar-refractivity contribution in [2.24, 2.45) is 5.16 Å². The smallest absolute Gasteiger partial charge is 0.367 e. The number of fused-ring (bicyclic) bond motifs is 1. The number of nitrogens with zero attached hydrogens (tertiary/aromatic N) is 1. The molecule has 0 unspecified atom stereocenters. The molecule has 4 rings (SSSR count). The monoisotopic (exact) mass is 387 g/mol. The second kappa shape index (κ2) is 8.19. The third-order valence-electron chi connectivity index (χ3n) is 4.72. The van der Waals surface area contributed by atoms with Gasteiger partial charge in [-0.05, 0) is 54.0 Å². The van der Waals surface area contributed by atoms with Crippen molar-refractivity contribution in [3.8, 4) is 11.5 Å². The van der Waals surface area contributed by atoms with E-state index < -0.39 is 5.97 Å². The lowest BCUT2D eigenvalue weighted by molar-refractivity contribution is -0.136. The van der Waals surface area contributed by atoms with Crippen LogP contribution in [-0.4, -0.2) is 18.3 Å². The van der Waals surface area contributed by atoms with E-state index in [1.807, 2.05) is 43.3 Å². The fourth-order valence-electron chi connectivity index (χ4n) is 3.26. The van der Waals surface area contributed by atoms with Gasteiger partial charge in [0, 0.05) is 0 Å². The van der Waals surface area contributed by atoms with Crippen LogP contribution in [-0.2, 0) is 16.2 Å². The summed E-state index contributed by atoms with van der Waals surface area (Å²) in [7, 11) is 0. The molecule has 0 amide bonds. The Hall–Kier alpha value is -3.60. The van der Waals surface area contributed by atoms with Crippen LogP contribution in [0.2, 0.25) is 0 Å². The molecule has 0 N–H and O–H groups in total. The van der Waals surface area contributed by atoms with Crippen molar-refractivity contribution in [2.75, 3.05) is 6.61 Å². The fraction of sp³-hybridized carbons (Fsp3) is 0.167. The van der Waals surface area contributed by atoms with Crippen LogP contribution in [0.5, 0.6) is 11.5 Å². The number of carbonyl (C=O) groups is 1. The first-order valence-corrected chi connectivity index (χ1v) is 9.50. The zero-order chi connectivity index (χ0) is 20.2. The summed E-state index contributed by atoms with van der Waals surface area (Å²) in [5, 5.41) is 6.05. The molecule has 0 fully saturated rings. The van der Waals surface area contributed by atoms with Gasteiger partial charge in [0.05, 0.1) is 17.9 Å². The van der Waals surface area contributed by atoms with E-state index in [4.69, 9.17) is 14.3 Å². The summed E-state index contributed by atoms with van der Waals surface area (Å²) in [6.07, 6.45) is 1.74. The van der Waals surface area contributed by atoms with E-state index in [0.29, 0.717) is 36.0 Å². The number of hydrogen-bond donors (Lipinski definition) is 0. The Kier molecular flexibility index (Phi) is 5.29. The van der Waals surface area contributed by atoms with E-state index in [0.717, 1.165) is 11.1 Å². The summed E-state index contributed by atoms with van der Waals surface area (Å²) in [5.74, 6) is 0.834. The number of oxime groups is 1. The molecular formula is C24H21NO4. The molecule has 1 aliphatic rings. The normalized spacial score (nSPS) is 14.8. The van der Waals surface area contributed by atoms with Gasteiger partial charge in [0.15, 0.2) is 11.5 Å². The van der Waals surface area contributed by atoms with E-state index in [2.05, 4.69) is 29.4 Å². The summed E-state index contributed by atoms with van der Waals surface area (Å²) in [4.78, 5) is 16.5. The van der Waals surface area contributed by atoms with Crippen LogP contribution in [0.3, 0.4) is 0 Å². The molecule has 29 heavy (non-hydrogen) atoms. The largest absolute Gasteiger partial charge is 0.490 e. The van der Waals surface area contributed by atoms with Crippen LogP contribution in [0.25, 0.3) is 16.8 Å². The molecule has 1 heterocycles. The first-order valence-electron chi connectivity index (χ1n) is 9.50. The summed E-state index contributed by atoms with van der Waals surface area (Å²) in [6, 6.07) is 20.0. The Labute approximate surface area is 169 Å². The highest BCUT2D eigenvalue weighted by Gasteiger charge is 2.22. The Morgan fingerprint density at radius 1 is 1.00 bits per heavy atom. The van der Waals surface area contributed by atoms with E-state index in [-0.39, 0.29) is 0 Å². The molecule has 0 spiro atoms. The Morgan fingerprint density at radius 2 is 1.83 bits per heavy atom. The first-order chi connectivity index (χ1) is 14.2. The lowest BCUT2D eigenvalue weighted by Crippen LogP contribution is -2.03. The van der Waals surface area contributed by atoms with E-state index >= 15 is 0 Å². The van der Waals surface area contributed by atoms with Crippen LogP contribution in [0, 0.1) is 0 Å². The van der Waals surface area contributed by atoms with Gasteiger partial charge < -0.3 is 14.3 Å². The lowest BCUT2D eigenvalue weighted by atomic mass is 10.1. The maximum atomic E-state index is 11.8. The molecule has 3 aromatic carbocycles. The molecule has 0 aliphatic carbocycles. The highest BCUT2D eigenvalue weighted by Crippen LogP contribution is 2.31. The van der Waals surface area contributed by atoms with Gasteiger partial charge in [-0.3, -0.25) is 0 Å². The predicted molar refractivity (Wildman–Crippen MR) is 113 cm³/mol. The summed E-state index contributed by atoms with van der Waals surface area (Å²) in [5.41, 5.74) is 2.92. The SMILES string of the molecule is CCOc1cc(/C=C2/C(=O)ON=C2C)ccc1OCc1cccc2ccccc12. The maximum Gasteiger partial charge on any atom is 0.367 e. The van der Waals surface area contributed by atoms with Gasteiger partial charge in [-0.2, -0.15) is 0 Å².